The van der Waals surface area contributed by atoms with E-state index in [1.165, 1.54) is 0 Å². The summed E-state index contributed by atoms with van der Waals surface area (Å²) in [6.45, 7) is 6.15. The Morgan fingerprint density at radius 3 is 2.70 bits per heavy atom. The van der Waals surface area contributed by atoms with Crippen molar-refractivity contribution in [1.29, 1.82) is 0 Å². The third-order valence-electron chi connectivity index (χ3n) is 4.47. The molecule has 1 heterocycles. The number of guanidine groups is 1. The number of rotatable bonds is 9. The van der Waals surface area contributed by atoms with Crippen molar-refractivity contribution in [1.82, 2.24) is 20.4 Å². The summed E-state index contributed by atoms with van der Waals surface area (Å²) in [4.78, 5) is 16.4. The first-order valence-corrected chi connectivity index (χ1v) is 9.45. The first-order valence-electron chi connectivity index (χ1n) is 9.45. The van der Waals surface area contributed by atoms with Crippen LogP contribution in [0.25, 0.3) is 0 Å². The molecule has 1 amide bonds. The number of carbonyl (C=O) groups excluding carboxylic acids is 1. The highest BCUT2D eigenvalue weighted by atomic mass is 16.2. The van der Waals surface area contributed by atoms with Crippen LogP contribution in [-0.2, 0) is 17.9 Å². The van der Waals surface area contributed by atoms with Crippen molar-refractivity contribution in [2.75, 3.05) is 18.9 Å². The zero-order valence-electron chi connectivity index (χ0n) is 16.4. The number of nitrogens with zero attached hydrogens (tertiary/aromatic N) is 3. The van der Waals surface area contributed by atoms with E-state index in [9.17, 15) is 4.79 Å². The lowest BCUT2D eigenvalue weighted by Crippen LogP contribution is -2.39. The number of aromatic nitrogens is 2. The van der Waals surface area contributed by atoms with Crippen LogP contribution in [0.5, 0.6) is 0 Å². The Morgan fingerprint density at radius 1 is 1.22 bits per heavy atom. The van der Waals surface area contributed by atoms with E-state index in [0.717, 1.165) is 36.6 Å². The number of nitrogens with one attached hydrogen (secondary N) is 3. The monoisotopic (exact) mass is 370 g/mol. The third-order valence-corrected chi connectivity index (χ3v) is 4.47. The second-order valence-electron chi connectivity index (χ2n) is 6.44. The van der Waals surface area contributed by atoms with Crippen molar-refractivity contribution < 1.29 is 4.79 Å². The normalized spacial score (nSPS) is 11.5. The van der Waals surface area contributed by atoms with Gasteiger partial charge >= 0.3 is 0 Å². The third kappa shape index (κ3) is 7.13. The van der Waals surface area contributed by atoms with E-state index in [0.29, 0.717) is 12.5 Å². The van der Waals surface area contributed by atoms with Crippen molar-refractivity contribution >= 4 is 17.6 Å². The molecule has 1 aromatic heterocycles. The van der Waals surface area contributed by atoms with Gasteiger partial charge in [0.05, 0.1) is 0 Å². The fraction of sp³-hybridized carbons (Fsp3) is 0.450. The average molecular weight is 371 g/mol. The number of amides is 1. The number of carbonyl (C=O) groups is 1. The maximum absolute atomic E-state index is 12.1. The average Bonchev–Trinajstić information content (AvgIpc) is 3.18. The molecule has 0 aliphatic heterocycles. The molecular weight excluding hydrogens is 340 g/mol. The van der Waals surface area contributed by atoms with Gasteiger partial charge < -0.3 is 16.0 Å². The number of hydrogen-bond acceptors (Lipinski definition) is 3. The van der Waals surface area contributed by atoms with Crippen LogP contribution >= 0.6 is 0 Å². The minimum Gasteiger partial charge on any atom is -0.356 e. The Kier molecular flexibility index (Phi) is 8.35. The lowest BCUT2D eigenvalue weighted by Gasteiger charge is -2.17. The van der Waals surface area contributed by atoms with Crippen molar-refractivity contribution in [2.24, 2.45) is 10.9 Å². The molecule has 146 valence electrons. The summed E-state index contributed by atoms with van der Waals surface area (Å²) in [5.41, 5.74) is 1.84. The van der Waals surface area contributed by atoms with E-state index < -0.39 is 0 Å². The Hall–Kier alpha value is -2.83. The van der Waals surface area contributed by atoms with Gasteiger partial charge in [0.25, 0.3) is 0 Å². The van der Waals surface area contributed by atoms with Gasteiger partial charge in [-0.15, -0.1) is 0 Å². The maximum atomic E-state index is 12.1. The van der Waals surface area contributed by atoms with Gasteiger partial charge in [-0.3, -0.25) is 14.5 Å². The van der Waals surface area contributed by atoms with E-state index >= 15 is 0 Å². The number of benzene rings is 1. The number of aliphatic imine (C=N–C) groups is 1. The molecule has 2 aromatic rings. The van der Waals surface area contributed by atoms with E-state index in [1.54, 1.807) is 30.2 Å². The van der Waals surface area contributed by atoms with Gasteiger partial charge in [0.15, 0.2) is 5.96 Å². The lowest BCUT2D eigenvalue weighted by atomic mass is 10.0. The Labute approximate surface area is 161 Å². The van der Waals surface area contributed by atoms with Crippen molar-refractivity contribution in [3.63, 3.8) is 0 Å². The number of hydrogen-bond donors (Lipinski definition) is 3. The highest BCUT2D eigenvalue weighted by molar-refractivity contribution is 5.90. The minimum absolute atomic E-state index is 0.105. The molecule has 3 N–H and O–H groups in total. The second kappa shape index (κ2) is 11.0. The standard InChI is InChI=1S/C20H30N6O/c1-4-16(5-2)13-22-20(21-3)23-14-17-8-6-9-18(12-17)25-19(27)15-26-11-7-10-24-26/h6-12,16H,4-5,13-15H2,1-3H3,(H,25,27)(H2,21,22,23). The molecule has 2 rings (SSSR count). The van der Waals surface area contributed by atoms with Gasteiger partial charge in [-0.05, 0) is 29.7 Å². The van der Waals surface area contributed by atoms with Crippen LogP contribution in [0.2, 0.25) is 0 Å². The second-order valence-corrected chi connectivity index (χ2v) is 6.44. The summed E-state index contributed by atoms with van der Waals surface area (Å²) >= 11 is 0. The highest BCUT2D eigenvalue weighted by Crippen LogP contribution is 2.11. The summed E-state index contributed by atoms with van der Waals surface area (Å²) in [5, 5.41) is 13.6. The van der Waals surface area contributed by atoms with Crippen LogP contribution in [0, 0.1) is 5.92 Å². The summed E-state index contributed by atoms with van der Waals surface area (Å²) in [7, 11) is 1.77. The zero-order chi connectivity index (χ0) is 19.5. The van der Waals surface area contributed by atoms with Gasteiger partial charge in [-0.2, -0.15) is 5.10 Å². The molecule has 0 saturated heterocycles. The summed E-state index contributed by atoms with van der Waals surface area (Å²) in [6.07, 6.45) is 5.73. The van der Waals surface area contributed by atoms with E-state index in [4.69, 9.17) is 0 Å². The molecule has 0 aliphatic rings. The van der Waals surface area contributed by atoms with Gasteiger partial charge in [0.2, 0.25) is 5.91 Å². The van der Waals surface area contributed by atoms with E-state index in [2.05, 4.69) is 39.9 Å². The quantitative estimate of drug-likeness (QED) is 0.468. The topological polar surface area (TPSA) is 83.3 Å². The molecule has 0 saturated carbocycles. The van der Waals surface area contributed by atoms with Crippen LogP contribution in [0.1, 0.15) is 32.3 Å². The maximum Gasteiger partial charge on any atom is 0.246 e. The molecule has 0 atom stereocenters. The van der Waals surface area contributed by atoms with Gasteiger partial charge in [-0.1, -0.05) is 38.8 Å². The molecule has 0 bridgehead atoms. The van der Waals surface area contributed by atoms with Crippen molar-refractivity contribution in [2.45, 2.75) is 39.8 Å². The fourth-order valence-corrected chi connectivity index (χ4v) is 2.73. The van der Waals surface area contributed by atoms with E-state index in [1.807, 2.05) is 24.3 Å². The SMILES string of the molecule is CCC(CC)CNC(=NC)NCc1cccc(NC(=O)Cn2cccn2)c1. The van der Waals surface area contributed by atoms with Crippen LogP contribution < -0.4 is 16.0 Å². The molecule has 1 aromatic carbocycles. The molecule has 7 nitrogen and oxygen atoms in total. The molecule has 0 spiro atoms. The zero-order valence-corrected chi connectivity index (χ0v) is 16.4. The van der Waals surface area contributed by atoms with Crippen LogP contribution in [0.4, 0.5) is 5.69 Å². The van der Waals surface area contributed by atoms with Crippen molar-refractivity contribution in [3.8, 4) is 0 Å². The number of anilines is 1. The first-order chi connectivity index (χ1) is 13.1. The molecule has 27 heavy (non-hydrogen) atoms. The summed E-state index contributed by atoms with van der Waals surface area (Å²) in [6, 6.07) is 9.59. The molecule has 0 aliphatic carbocycles. The molecule has 0 radical (unpaired) electrons. The minimum atomic E-state index is -0.105. The van der Waals surface area contributed by atoms with Crippen LogP contribution in [0.15, 0.2) is 47.7 Å². The Morgan fingerprint density at radius 2 is 2.04 bits per heavy atom. The highest BCUT2D eigenvalue weighted by Gasteiger charge is 2.06. The molecule has 7 heteroatoms. The van der Waals surface area contributed by atoms with Gasteiger partial charge in [0.1, 0.15) is 6.54 Å². The van der Waals surface area contributed by atoms with Gasteiger partial charge in [-0.25, -0.2) is 0 Å². The van der Waals surface area contributed by atoms with Crippen LogP contribution in [-0.4, -0.2) is 35.2 Å². The van der Waals surface area contributed by atoms with Crippen LogP contribution in [0.3, 0.4) is 0 Å². The largest absolute Gasteiger partial charge is 0.356 e. The first kappa shape index (κ1) is 20.5. The molecule has 0 fully saturated rings. The molecule has 0 unspecified atom stereocenters. The summed E-state index contributed by atoms with van der Waals surface area (Å²) < 4.78 is 1.59. The van der Waals surface area contributed by atoms with Gasteiger partial charge in [0, 0.05) is 38.2 Å². The lowest BCUT2D eigenvalue weighted by molar-refractivity contribution is -0.116. The van der Waals surface area contributed by atoms with E-state index in [-0.39, 0.29) is 12.5 Å². The summed E-state index contributed by atoms with van der Waals surface area (Å²) in [5.74, 6) is 1.33. The van der Waals surface area contributed by atoms with Crippen molar-refractivity contribution in [3.05, 3.63) is 48.3 Å². The Bertz CT molecular complexity index is 722. The predicted octanol–water partition coefficient (Wildman–Crippen LogP) is 2.62. The Balaban J connectivity index is 1.84. The fourth-order valence-electron chi connectivity index (χ4n) is 2.73. The smallest absolute Gasteiger partial charge is 0.246 e. The predicted molar refractivity (Wildman–Crippen MR) is 110 cm³/mol. The molecular formula is C20H30N6O.